The SMILES string of the molecule is C#Cc1ccc(CN2CCCN(c3ccc4c(c3)CNN4)C2=O)cc1. The fraction of sp³-hybridized carbons (Fsp3) is 0.250. The number of hydrazine groups is 1. The number of benzene rings is 2. The molecule has 0 aromatic heterocycles. The van der Waals surface area contributed by atoms with Gasteiger partial charge >= 0.3 is 6.03 Å². The van der Waals surface area contributed by atoms with Crippen LogP contribution >= 0.6 is 0 Å². The molecule has 5 heteroatoms. The molecule has 2 aliphatic rings. The molecular formula is C20H20N4O. The summed E-state index contributed by atoms with van der Waals surface area (Å²) in [6, 6.07) is 14.0. The van der Waals surface area contributed by atoms with Crippen LogP contribution in [0.2, 0.25) is 0 Å². The number of hydrogen-bond donors (Lipinski definition) is 2. The van der Waals surface area contributed by atoms with Crippen molar-refractivity contribution in [2.75, 3.05) is 23.4 Å². The van der Waals surface area contributed by atoms with E-state index in [0.29, 0.717) is 6.54 Å². The standard InChI is InChI=1S/C20H20N4O/c1-2-15-4-6-16(7-5-15)14-23-10-3-11-24(20(23)25)18-8-9-19-17(12-18)13-21-22-19/h1,4-9,12,21-22H,3,10-11,13-14H2. The third kappa shape index (κ3) is 3.04. The Morgan fingerprint density at radius 3 is 2.76 bits per heavy atom. The van der Waals surface area contributed by atoms with Crippen molar-refractivity contribution in [3.63, 3.8) is 0 Å². The second-order valence-corrected chi connectivity index (χ2v) is 6.37. The highest BCUT2D eigenvalue weighted by Crippen LogP contribution is 2.28. The van der Waals surface area contributed by atoms with E-state index in [1.54, 1.807) is 0 Å². The van der Waals surface area contributed by atoms with E-state index in [1.807, 2.05) is 46.2 Å². The second-order valence-electron chi connectivity index (χ2n) is 6.37. The summed E-state index contributed by atoms with van der Waals surface area (Å²) in [5.41, 5.74) is 11.4. The zero-order valence-electron chi connectivity index (χ0n) is 14.0. The van der Waals surface area contributed by atoms with E-state index in [-0.39, 0.29) is 6.03 Å². The van der Waals surface area contributed by atoms with E-state index < -0.39 is 0 Å². The number of amides is 2. The van der Waals surface area contributed by atoms with Crippen molar-refractivity contribution in [3.05, 3.63) is 59.2 Å². The third-order valence-electron chi connectivity index (χ3n) is 4.71. The van der Waals surface area contributed by atoms with Gasteiger partial charge in [0.25, 0.3) is 0 Å². The Hall–Kier alpha value is -2.97. The van der Waals surface area contributed by atoms with E-state index in [9.17, 15) is 4.79 Å². The highest BCUT2D eigenvalue weighted by atomic mass is 16.2. The Labute approximate surface area is 147 Å². The number of carbonyl (C=O) groups excluding carboxylic acids is 1. The molecule has 2 aliphatic heterocycles. The van der Waals surface area contributed by atoms with Crippen molar-refractivity contribution < 1.29 is 4.79 Å². The second kappa shape index (κ2) is 6.50. The number of nitrogens with zero attached hydrogens (tertiary/aromatic N) is 2. The molecule has 126 valence electrons. The molecule has 0 radical (unpaired) electrons. The summed E-state index contributed by atoms with van der Waals surface area (Å²) in [5, 5.41) is 0. The average Bonchev–Trinajstić information content (AvgIpc) is 3.12. The maximum atomic E-state index is 12.9. The minimum absolute atomic E-state index is 0.0612. The predicted octanol–water partition coefficient (Wildman–Crippen LogP) is 2.93. The molecule has 4 rings (SSSR count). The van der Waals surface area contributed by atoms with Crippen molar-refractivity contribution in [1.82, 2.24) is 10.3 Å². The lowest BCUT2D eigenvalue weighted by Crippen LogP contribution is -2.49. The van der Waals surface area contributed by atoms with Crippen LogP contribution in [0.1, 0.15) is 23.1 Å². The van der Waals surface area contributed by atoms with Crippen LogP contribution in [0.4, 0.5) is 16.2 Å². The topological polar surface area (TPSA) is 47.6 Å². The zero-order chi connectivity index (χ0) is 17.2. The Kier molecular flexibility index (Phi) is 4.04. The largest absolute Gasteiger partial charge is 0.324 e. The number of fused-ring (bicyclic) bond motifs is 1. The fourth-order valence-electron chi connectivity index (χ4n) is 3.35. The first-order valence-electron chi connectivity index (χ1n) is 8.48. The summed E-state index contributed by atoms with van der Waals surface area (Å²) >= 11 is 0. The number of anilines is 2. The first kappa shape index (κ1) is 15.6. The van der Waals surface area contributed by atoms with Crippen LogP contribution in [0, 0.1) is 12.3 Å². The molecular weight excluding hydrogens is 312 g/mol. The molecule has 2 aromatic carbocycles. The third-order valence-corrected chi connectivity index (χ3v) is 4.71. The smallest absolute Gasteiger partial charge is 0.321 e. The highest BCUT2D eigenvalue weighted by Gasteiger charge is 2.27. The predicted molar refractivity (Wildman–Crippen MR) is 99.1 cm³/mol. The monoisotopic (exact) mass is 332 g/mol. The van der Waals surface area contributed by atoms with Gasteiger partial charge in [0.1, 0.15) is 0 Å². The Bertz CT molecular complexity index is 838. The van der Waals surface area contributed by atoms with Gasteiger partial charge in [0, 0.05) is 37.4 Å². The molecule has 0 saturated carbocycles. The van der Waals surface area contributed by atoms with Gasteiger partial charge in [-0.1, -0.05) is 18.1 Å². The summed E-state index contributed by atoms with van der Waals surface area (Å²) < 4.78 is 0. The molecule has 1 fully saturated rings. The van der Waals surface area contributed by atoms with Gasteiger partial charge in [0.05, 0.1) is 5.69 Å². The molecule has 2 N–H and O–H groups in total. The van der Waals surface area contributed by atoms with Crippen molar-refractivity contribution >= 4 is 17.4 Å². The minimum Gasteiger partial charge on any atom is -0.321 e. The number of nitrogens with one attached hydrogen (secondary N) is 2. The van der Waals surface area contributed by atoms with Crippen LogP contribution in [0.3, 0.4) is 0 Å². The summed E-state index contributed by atoms with van der Waals surface area (Å²) in [6.07, 6.45) is 6.36. The lowest BCUT2D eigenvalue weighted by Gasteiger charge is -2.36. The van der Waals surface area contributed by atoms with Gasteiger partial charge in [-0.3, -0.25) is 4.90 Å². The molecule has 0 unspecified atom stereocenters. The van der Waals surface area contributed by atoms with E-state index in [4.69, 9.17) is 6.42 Å². The lowest BCUT2D eigenvalue weighted by molar-refractivity contribution is 0.192. The molecule has 5 nitrogen and oxygen atoms in total. The van der Waals surface area contributed by atoms with Crippen LogP contribution in [0.15, 0.2) is 42.5 Å². The zero-order valence-corrected chi connectivity index (χ0v) is 14.0. The van der Waals surface area contributed by atoms with Crippen LogP contribution in [0.5, 0.6) is 0 Å². The normalized spacial score (nSPS) is 16.4. The van der Waals surface area contributed by atoms with Crippen molar-refractivity contribution in [2.45, 2.75) is 19.5 Å². The van der Waals surface area contributed by atoms with Crippen molar-refractivity contribution in [3.8, 4) is 12.3 Å². The number of terminal acetylenes is 1. The molecule has 2 aromatic rings. The average molecular weight is 332 g/mol. The molecule has 0 bridgehead atoms. The number of rotatable bonds is 3. The first-order chi connectivity index (χ1) is 12.2. The fourth-order valence-corrected chi connectivity index (χ4v) is 3.35. The number of hydrogen-bond acceptors (Lipinski definition) is 3. The highest BCUT2D eigenvalue weighted by molar-refractivity contribution is 5.93. The quantitative estimate of drug-likeness (QED) is 0.850. The summed E-state index contributed by atoms with van der Waals surface area (Å²) in [7, 11) is 0. The van der Waals surface area contributed by atoms with E-state index in [1.165, 1.54) is 5.56 Å². The molecule has 0 atom stereocenters. The van der Waals surface area contributed by atoms with Crippen LogP contribution in [-0.2, 0) is 13.1 Å². The van der Waals surface area contributed by atoms with Gasteiger partial charge in [-0.2, -0.15) is 0 Å². The van der Waals surface area contributed by atoms with Gasteiger partial charge in [-0.05, 0) is 47.9 Å². The van der Waals surface area contributed by atoms with Crippen LogP contribution < -0.4 is 15.8 Å². The molecule has 0 aliphatic carbocycles. The van der Waals surface area contributed by atoms with E-state index >= 15 is 0 Å². The molecule has 25 heavy (non-hydrogen) atoms. The molecule has 2 amide bonds. The van der Waals surface area contributed by atoms with Gasteiger partial charge in [0.15, 0.2) is 0 Å². The minimum atomic E-state index is 0.0612. The summed E-state index contributed by atoms with van der Waals surface area (Å²) in [6.45, 7) is 2.91. The summed E-state index contributed by atoms with van der Waals surface area (Å²) in [4.78, 5) is 16.7. The number of urea groups is 1. The van der Waals surface area contributed by atoms with Gasteiger partial charge < -0.3 is 10.3 Å². The van der Waals surface area contributed by atoms with Gasteiger partial charge in [-0.15, -0.1) is 6.42 Å². The van der Waals surface area contributed by atoms with Gasteiger partial charge in [-0.25, -0.2) is 10.2 Å². The lowest BCUT2D eigenvalue weighted by atomic mass is 10.1. The number of carbonyl (C=O) groups is 1. The molecule has 0 spiro atoms. The van der Waals surface area contributed by atoms with Gasteiger partial charge in [0.2, 0.25) is 0 Å². The molecule has 1 saturated heterocycles. The maximum absolute atomic E-state index is 12.9. The van der Waals surface area contributed by atoms with E-state index in [2.05, 4.69) is 22.8 Å². The molecule has 2 heterocycles. The first-order valence-corrected chi connectivity index (χ1v) is 8.48. The Morgan fingerprint density at radius 1 is 1.12 bits per heavy atom. The summed E-state index contributed by atoms with van der Waals surface area (Å²) in [5.74, 6) is 2.62. The van der Waals surface area contributed by atoms with E-state index in [0.717, 1.165) is 48.6 Å². The van der Waals surface area contributed by atoms with Crippen molar-refractivity contribution in [2.24, 2.45) is 0 Å². The van der Waals surface area contributed by atoms with Crippen LogP contribution in [-0.4, -0.2) is 24.0 Å². The van der Waals surface area contributed by atoms with Crippen molar-refractivity contribution in [1.29, 1.82) is 0 Å². The van der Waals surface area contributed by atoms with Crippen LogP contribution in [0.25, 0.3) is 0 Å². The Morgan fingerprint density at radius 2 is 1.96 bits per heavy atom. The Balaban J connectivity index is 1.51. The maximum Gasteiger partial charge on any atom is 0.324 e.